The molecule has 0 aromatic heterocycles. The Balaban J connectivity index is 1.99. The maximum Gasteiger partial charge on any atom is 0.219 e. The van der Waals surface area contributed by atoms with Gasteiger partial charge in [0.25, 0.3) is 0 Å². The van der Waals surface area contributed by atoms with Crippen LogP contribution >= 0.6 is 0 Å². The van der Waals surface area contributed by atoms with Crippen LogP contribution in [-0.4, -0.2) is 26.3 Å². The van der Waals surface area contributed by atoms with Crippen molar-refractivity contribution in [3.05, 3.63) is 89.2 Å². The molecule has 0 aliphatic carbocycles. The SMILES string of the molecule is COc1cc(OC)c2c(c1)OC(c1ccccc1)(C(CC=O)c1cccc(F)c1)C2=O. The molecule has 0 N–H and O–H groups in total. The van der Waals surface area contributed by atoms with Crippen molar-refractivity contribution in [2.75, 3.05) is 14.2 Å². The molecule has 158 valence electrons. The standard InChI is InChI=1S/C25H21FO5/c1-29-19-14-21(30-2)23-22(15-19)31-25(24(23)28,17-8-4-3-5-9-17)20(11-12-27)16-7-6-10-18(26)13-16/h3-10,12-15,20H,11H2,1-2H3. The number of hydrogen-bond acceptors (Lipinski definition) is 5. The van der Waals surface area contributed by atoms with Crippen molar-refractivity contribution in [3.8, 4) is 17.2 Å². The summed E-state index contributed by atoms with van der Waals surface area (Å²) in [5, 5.41) is 0. The first-order valence-corrected chi connectivity index (χ1v) is 9.79. The average Bonchev–Trinajstić information content (AvgIpc) is 3.10. The minimum Gasteiger partial charge on any atom is -0.496 e. The maximum absolute atomic E-state index is 14.1. The van der Waals surface area contributed by atoms with Crippen LogP contribution in [0.2, 0.25) is 0 Å². The van der Waals surface area contributed by atoms with E-state index in [1.165, 1.54) is 26.4 Å². The number of rotatable bonds is 7. The molecule has 3 aromatic carbocycles. The van der Waals surface area contributed by atoms with Gasteiger partial charge in [-0.05, 0) is 17.7 Å². The van der Waals surface area contributed by atoms with Gasteiger partial charge in [0, 0.05) is 30.0 Å². The lowest BCUT2D eigenvalue weighted by Gasteiger charge is -2.35. The number of aldehydes is 1. The molecule has 3 aromatic rings. The van der Waals surface area contributed by atoms with Crippen LogP contribution in [0.15, 0.2) is 66.7 Å². The smallest absolute Gasteiger partial charge is 0.219 e. The Hall–Kier alpha value is -3.67. The fourth-order valence-corrected chi connectivity index (χ4v) is 4.22. The Bertz CT molecular complexity index is 1130. The average molecular weight is 420 g/mol. The molecule has 1 heterocycles. The molecule has 0 radical (unpaired) electrons. The van der Waals surface area contributed by atoms with E-state index in [0.29, 0.717) is 22.6 Å². The van der Waals surface area contributed by atoms with Crippen molar-refractivity contribution < 1.29 is 28.2 Å². The minimum atomic E-state index is -1.57. The first-order chi connectivity index (χ1) is 15.0. The second-order valence-corrected chi connectivity index (χ2v) is 7.25. The van der Waals surface area contributed by atoms with Gasteiger partial charge in [0.2, 0.25) is 11.4 Å². The van der Waals surface area contributed by atoms with E-state index in [2.05, 4.69) is 0 Å². The number of benzene rings is 3. The van der Waals surface area contributed by atoms with Gasteiger partial charge in [0.1, 0.15) is 34.9 Å². The molecule has 0 spiro atoms. The molecule has 0 amide bonds. The fraction of sp³-hybridized carbons (Fsp3) is 0.200. The molecule has 31 heavy (non-hydrogen) atoms. The number of halogens is 1. The van der Waals surface area contributed by atoms with Crippen LogP contribution in [0.3, 0.4) is 0 Å². The highest BCUT2D eigenvalue weighted by molar-refractivity contribution is 6.11. The lowest BCUT2D eigenvalue weighted by atomic mass is 9.72. The van der Waals surface area contributed by atoms with Crippen LogP contribution in [0.5, 0.6) is 17.2 Å². The van der Waals surface area contributed by atoms with Crippen LogP contribution in [-0.2, 0) is 10.4 Å². The molecular weight excluding hydrogens is 399 g/mol. The highest BCUT2D eigenvalue weighted by Crippen LogP contribution is 2.53. The molecule has 1 aliphatic rings. The van der Waals surface area contributed by atoms with Gasteiger partial charge < -0.3 is 19.0 Å². The molecular formula is C25H21FO5. The summed E-state index contributed by atoms with van der Waals surface area (Å²) < 4.78 is 31.3. The number of Topliss-reactive ketones (excluding diaryl/α,β-unsaturated/α-hetero) is 1. The zero-order valence-corrected chi connectivity index (χ0v) is 17.1. The van der Waals surface area contributed by atoms with E-state index in [4.69, 9.17) is 14.2 Å². The van der Waals surface area contributed by atoms with Gasteiger partial charge in [-0.3, -0.25) is 4.79 Å². The molecule has 0 fully saturated rings. The largest absolute Gasteiger partial charge is 0.496 e. The third kappa shape index (κ3) is 3.34. The summed E-state index contributed by atoms with van der Waals surface area (Å²) >= 11 is 0. The first-order valence-electron chi connectivity index (χ1n) is 9.79. The maximum atomic E-state index is 14.1. The first kappa shape index (κ1) is 20.6. The Kier molecular flexibility index (Phi) is 5.46. The van der Waals surface area contributed by atoms with Crippen molar-refractivity contribution in [1.29, 1.82) is 0 Å². The number of ketones is 1. The van der Waals surface area contributed by atoms with Gasteiger partial charge in [-0.15, -0.1) is 0 Å². The van der Waals surface area contributed by atoms with Crippen LogP contribution < -0.4 is 14.2 Å². The van der Waals surface area contributed by atoms with E-state index in [1.54, 1.807) is 48.5 Å². The van der Waals surface area contributed by atoms with E-state index in [0.717, 1.165) is 6.29 Å². The third-order valence-electron chi connectivity index (χ3n) is 5.61. The lowest BCUT2D eigenvalue weighted by molar-refractivity contribution is -0.109. The Morgan fingerprint density at radius 3 is 2.45 bits per heavy atom. The molecule has 2 atom stereocenters. The number of carbonyl (C=O) groups is 2. The molecule has 6 heteroatoms. The van der Waals surface area contributed by atoms with Crippen LogP contribution in [0.25, 0.3) is 0 Å². The van der Waals surface area contributed by atoms with E-state index >= 15 is 0 Å². The summed E-state index contributed by atoms with van der Waals surface area (Å²) in [5.41, 5.74) is -0.256. The van der Waals surface area contributed by atoms with Crippen molar-refractivity contribution in [3.63, 3.8) is 0 Å². The van der Waals surface area contributed by atoms with E-state index in [-0.39, 0.29) is 23.5 Å². The van der Waals surface area contributed by atoms with Crippen molar-refractivity contribution >= 4 is 12.1 Å². The van der Waals surface area contributed by atoms with Gasteiger partial charge in [-0.25, -0.2) is 4.39 Å². The number of ether oxygens (including phenoxy) is 3. The molecule has 0 saturated carbocycles. The van der Waals surface area contributed by atoms with E-state index < -0.39 is 17.3 Å². The number of fused-ring (bicyclic) bond motifs is 1. The highest BCUT2D eigenvalue weighted by atomic mass is 19.1. The number of carbonyl (C=O) groups excluding carboxylic acids is 2. The number of methoxy groups -OCH3 is 2. The topological polar surface area (TPSA) is 61.8 Å². The summed E-state index contributed by atoms with van der Waals surface area (Å²) in [6.45, 7) is 0. The fourth-order valence-electron chi connectivity index (χ4n) is 4.22. The van der Waals surface area contributed by atoms with Crippen LogP contribution in [0.1, 0.15) is 33.8 Å². The molecule has 4 rings (SSSR count). The predicted octanol–water partition coefficient (Wildman–Crippen LogP) is 4.69. The molecule has 0 saturated heterocycles. The summed E-state index contributed by atoms with van der Waals surface area (Å²) in [6, 6.07) is 18.1. The van der Waals surface area contributed by atoms with Crippen molar-refractivity contribution in [2.45, 2.75) is 17.9 Å². The van der Waals surface area contributed by atoms with E-state index in [1.807, 2.05) is 6.07 Å². The summed E-state index contributed by atoms with van der Waals surface area (Å²) in [6.07, 6.45) is 0.676. The predicted molar refractivity (Wildman–Crippen MR) is 112 cm³/mol. The van der Waals surface area contributed by atoms with Gasteiger partial charge in [-0.1, -0.05) is 42.5 Å². The Morgan fingerprint density at radius 2 is 1.81 bits per heavy atom. The Labute approximate surface area is 179 Å². The quantitative estimate of drug-likeness (QED) is 0.519. The van der Waals surface area contributed by atoms with Crippen LogP contribution in [0.4, 0.5) is 4.39 Å². The van der Waals surface area contributed by atoms with Crippen molar-refractivity contribution in [2.24, 2.45) is 0 Å². The summed E-state index contributed by atoms with van der Waals surface area (Å²) in [7, 11) is 2.96. The highest BCUT2D eigenvalue weighted by Gasteiger charge is 2.56. The van der Waals surface area contributed by atoms with Crippen LogP contribution in [0, 0.1) is 5.82 Å². The monoisotopic (exact) mass is 420 g/mol. The lowest BCUT2D eigenvalue weighted by Crippen LogP contribution is -2.43. The molecule has 1 aliphatic heterocycles. The zero-order valence-electron chi connectivity index (χ0n) is 17.1. The second-order valence-electron chi connectivity index (χ2n) is 7.25. The normalized spacial score (nSPS) is 18.1. The van der Waals surface area contributed by atoms with Gasteiger partial charge in [-0.2, -0.15) is 0 Å². The Morgan fingerprint density at radius 1 is 1.03 bits per heavy atom. The minimum absolute atomic E-state index is 0.0441. The molecule has 0 bridgehead atoms. The van der Waals surface area contributed by atoms with E-state index in [9.17, 15) is 14.0 Å². The van der Waals surface area contributed by atoms with Gasteiger partial charge >= 0.3 is 0 Å². The van der Waals surface area contributed by atoms with Gasteiger partial charge in [0.15, 0.2) is 0 Å². The molecule has 2 unspecified atom stereocenters. The van der Waals surface area contributed by atoms with Crippen molar-refractivity contribution in [1.82, 2.24) is 0 Å². The molecule has 5 nitrogen and oxygen atoms in total. The third-order valence-corrected chi connectivity index (χ3v) is 5.61. The summed E-state index contributed by atoms with van der Waals surface area (Å²) in [5.74, 6) is -0.523. The zero-order chi connectivity index (χ0) is 22.0. The summed E-state index contributed by atoms with van der Waals surface area (Å²) in [4.78, 5) is 25.7. The second kappa shape index (κ2) is 8.22. The van der Waals surface area contributed by atoms with Gasteiger partial charge in [0.05, 0.1) is 14.2 Å². The number of hydrogen-bond donors (Lipinski definition) is 0.